The van der Waals surface area contributed by atoms with Crippen LogP contribution in [-0.4, -0.2) is 40.1 Å². The fourth-order valence-corrected chi connectivity index (χ4v) is 3.72. The van der Waals surface area contributed by atoms with Crippen LogP contribution in [-0.2, 0) is 6.42 Å². The molecule has 1 atom stereocenters. The average molecular weight is 439 g/mol. The molecule has 3 aromatic rings. The van der Waals surface area contributed by atoms with Gasteiger partial charge in [-0.15, -0.1) is 0 Å². The zero-order valence-corrected chi connectivity index (χ0v) is 19.0. The second-order valence-corrected chi connectivity index (χ2v) is 7.71. The van der Waals surface area contributed by atoms with Crippen molar-refractivity contribution in [3.8, 4) is 5.75 Å². The molecule has 1 aliphatic heterocycles. The monoisotopic (exact) mass is 438 g/mol. The van der Waals surface area contributed by atoms with E-state index in [2.05, 4.69) is 10.1 Å². The lowest BCUT2D eigenvalue weighted by Crippen LogP contribution is -2.43. The summed E-state index contributed by atoms with van der Waals surface area (Å²) >= 11 is 0. The van der Waals surface area contributed by atoms with Crippen LogP contribution in [0.25, 0.3) is 0 Å². The molecular weight excluding hydrogens is 412 g/mol. The molecule has 0 bridgehead atoms. The molecule has 0 saturated heterocycles. The first-order valence-corrected chi connectivity index (χ1v) is 9.86. The third-order valence-corrected chi connectivity index (χ3v) is 5.61. The predicted octanol–water partition coefficient (Wildman–Crippen LogP) is 3.66. The highest BCUT2D eigenvalue weighted by atomic mass is 32.1. The molecule has 31 heavy (non-hydrogen) atoms. The van der Waals surface area contributed by atoms with Gasteiger partial charge in [0.1, 0.15) is 11.4 Å². The lowest BCUT2D eigenvalue weighted by Gasteiger charge is -2.32. The van der Waals surface area contributed by atoms with Crippen molar-refractivity contribution in [1.82, 2.24) is 14.8 Å². The largest absolute Gasteiger partial charge is 0.495 e. The Balaban J connectivity index is 0.00000272. The van der Waals surface area contributed by atoms with Gasteiger partial charge in [0.05, 0.1) is 25.5 Å². The highest BCUT2D eigenvalue weighted by molar-refractivity contribution is 7.59. The molecule has 0 radical (unpaired) electrons. The number of hydrogen-bond acceptors (Lipinski definition) is 5. The van der Waals surface area contributed by atoms with Gasteiger partial charge in [-0.25, -0.2) is 0 Å². The van der Waals surface area contributed by atoms with Gasteiger partial charge in [-0.3, -0.25) is 19.3 Å². The molecule has 1 aromatic carbocycles. The number of hydrogen-bond donors (Lipinski definition) is 0. The van der Waals surface area contributed by atoms with Crippen LogP contribution in [0.5, 0.6) is 5.75 Å². The van der Waals surface area contributed by atoms with Crippen LogP contribution < -0.4 is 9.64 Å². The smallest absolute Gasteiger partial charge is 0.276 e. The van der Waals surface area contributed by atoms with Crippen molar-refractivity contribution < 1.29 is 14.3 Å². The van der Waals surface area contributed by atoms with Crippen molar-refractivity contribution in [2.75, 3.05) is 18.6 Å². The van der Waals surface area contributed by atoms with Crippen LogP contribution in [0.2, 0.25) is 0 Å². The van der Waals surface area contributed by atoms with Crippen molar-refractivity contribution in [3.63, 3.8) is 0 Å². The van der Waals surface area contributed by atoms with Gasteiger partial charge < -0.3 is 9.64 Å². The van der Waals surface area contributed by atoms with Gasteiger partial charge in [0, 0.05) is 36.0 Å². The second-order valence-electron chi connectivity index (χ2n) is 7.71. The maximum Gasteiger partial charge on any atom is 0.276 e. The Bertz CT molecular complexity index is 1140. The minimum absolute atomic E-state index is 0. The fraction of sp³-hybridized carbons (Fsp3) is 0.304. The van der Waals surface area contributed by atoms with E-state index in [1.165, 1.54) is 18.9 Å². The SMILES string of the molecule is COc1cncc(C(=O)Cc2cnn3c2C(=O)N(c2ccc(C)c(C)c2)C[C@@H]3C)c1.S. The standard InChI is InChI=1S/C23H24N4O3.H2S/c1-14-5-6-19(7-15(14)2)26-13-16(3)27-22(23(26)29)18(11-25-27)9-21(28)17-8-20(30-4)12-24-10-17;/h5-8,10-12,16H,9,13H2,1-4H3;1H2/t16-;/m0./s1. The van der Waals surface area contributed by atoms with Crippen LogP contribution in [0.15, 0.2) is 42.9 Å². The normalized spacial score (nSPS) is 15.3. The molecule has 0 fully saturated rings. The summed E-state index contributed by atoms with van der Waals surface area (Å²) in [4.78, 5) is 32.0. The fourth-order valence-electron chi connectivity index (χ4n) is 3.72. The first kappa shape index (κ1) is 22.6. The van der Waals surface area contributed by atoms with Gasteiger partial charge >= 0.3 is 0 Å². The van der Waals surface area contributed by atoms with E-state index < -0.39 is 0 Å². The highest BCUT2D eigenvalue weighted by Crippen LogP contribution is 2.29. The van der Waals surface area contributed by atoms with Crippen LogP contribution in [0.4, 0.5) is 5.69 Å². The zero-order chi connectivity index (χ0) is 21.4. The van der Waals surface area contributed by atoms with Crippen molar-refractivity contribution in [3.05, 3.63) is 70.8 Å². The number of methoxy groups -OCH3 is 1. The first-order chi connectivity index (χ1) is 14.4. The van der Waals surface area contributed by atoms with Crippen molar-refractivity contribution >= 4 is 30.9 Å². The van der Waals surface area contributed by atoms with E-state index in [0.717, 1.165) is 11.3 Å². The maximum atomic E-state index is 13.4. The molecule has 4 rings (SSSR count). The van der Waals surface area contributed by atoms with Gasteiger partial charge in [0.25, 0.3) is 5.91 Å². The van der Waals surface area contributed by atoms with Gasteiger partial charge in [-0.2, -0.15) is 18.6 Å². The number of rotatable bonds is 5. The molecule has 0 unspecified atom stereocenters. The van der Waals surface area contributed by atoms with E-state index in [9.17, 15) is 9.59 Å². The summed E-state index contributed by atoms with van der Waals surface area (Å²) in [5, 5.41) is 4.41. The van der Waals surface area contributed by atoms with Crippen LogP contribution in [0.1, 0.15) is 50.5 Å². The van der Waals surface area contributed by atoms with Crippen LogP contribution in [0.3, 0.4) is 0 Å². The molecule has 8 heteroatoms. The third-order valence-electron chi connectivity index (χ3n) is 5.61. The number of carbonyl (C=O) groups is 2. The number of anilines is 1. The maximum absolute atomic E-state index is 13.4. The van der Waals surface area contributed by atoms with Gasteiger partial charge in [0.15, 0.2) is 5.78 Å². The number of amides is 1. The molecule has 0 N–H and O–H groups in total. The quantitative estimate of drug-likeness (QED) is 0.568. The molecule has 1 aliphatic rings. The Morgan fingerprint density at radius 1 is 1.16 bits per heavy atom. The van der Waals surface area contributed by atoms with E-state index in [-0.39, 0.29) is 37.6 Å². The molecule has 1 amide bonds. The number of nitrogens with zero attached hydrogens (tertiary/aromatic N) is 4. The summed E-state index contributed by atoms with van der Waals surface area (Å²) < 4.78 is 6.88. The molecule has 0 spiro atoms. The molecule has 2 aromatic heterocycles. The van der Waals surface area contributed by atoms with Crippen molar-refractivity contribution in [2.45, 2.75) is 33.2 Å². The topological polar surface area (TPSA) is 77.3 Å². The summed E-state index contributed by atoms with van der Waals surface area (Å²) in [5.74, 6) is 0.241. The Morgan fingerprint density at radius 2 is 1.94 bits per heavy atom. The number of aryl methyl sites for hydroxylation is 2. The minimum Gasteiger partial charge on any atom is -0.495 e. The minimum atomic E-state index is -0.138. The number of aromatic nitrogens is 3. The Labute approximate surface area is 188 Å². The summed E-state index contributed by atoms with van der Waals surface area (Å²) in [7, 11) is 1.53. The lowest BCUT2D eigenvalue weighted by atomic mass is 10.0. The molecule has 162 valence electrons. The Hall–Kier alpha value is -3.13. The van der Waals surface area contributed by atoms with Crippen LogP contribution >= 0.6 is 13.5 Å². The van der Waals surface area contributed by atoms with Crippen molar-refractivity contribution in [2.24, 2.45) is 0 Å². The second kappa shape index (κ2) is 8.93. The summed E-state index contributed by atoms with van der Waals surface area (Å²) in [6.07, 6.45) is 4.75. The zero-order valence-electron chi connectivity index (χ0n) is 18.0. The van der Waals surface area contributed by atoms with E-state index >= 15 is 0 Å². The molecule has 3 heterocycles. The van der Waals surface area contributed by atoms with Gasteiger partial charge in [-0.05, 0) is 50.1 Å². The predicted molar refractivity (Wildman–Crippen MR) is 124 cm³/mol. The molecule has 7 nitrogen and oxygen atoms in total. The van der Waals surface area contributed by atoms with E-state index in [1.54, 1.807) is 28.0 Å². The summed E-state index contributed by atoms with van der Waals surface area (Å²) in [6, 6.07) is 7.66. The molecule has 0 aliphatic carbocycles. The first-order valence-electron chi connectivity index (χ1n) is 9.86. The number of carbonyl (C=O) groups excluding carboxylic acids is 2. The van der Waals surface area contributed by atoms with Crippen LogP contribution in [0, 0.1) is 13.8 Å². The lowest BCUT2D eigenvalue weighted by molar-refractivity contribution is 0.0951. The van der Waals surface area contributed by atoms with Gasteiger partial charge in [-0.1, -0.05) is 6.07 Å². The molecular formula is C23H26N4O3S. The Kier molecular flexibility index (Phi) is 6.50. The number of benzene rings is 1. The van der Waals surface area contributed by atoms with Gasteiger partial charge in [0.2, 0.25) is 0 Å². The third kappa shape index (κ3) is 4.20. The van der Waals surface area contributed by atoms with Crippen molar-refractivity contribution in [1.29, 1.82) is 0 Å². The van der Waals surface area contributed by atoms with E-state index in [1.807, 2.05) is 39.0 Å². The number of Topliss-reactive ketones (excluding diaryl/α,β-unsaturated/α-hetero) is 1. The number of ether oxygens (including phenoxy) is 1. The summed E-state index contributed by atoms with van der Waals surface area (Å²) in [5.41, 5.74) is 4.70. The summed E-state index contributed by atoms with van der Waals surface area (Å²) in [6.45, 7) is 6.64. The van der Waals surface area contributed by atoms with E-state index in [0.29, 0.717) is 29.1 Å². The number of ketones is 1. The number of fused-ring (bicyclic) bond motifs is 1. The Morgan fingerprint density at radius 3 is 2.65 bits per heavy atom. The molecule has 0 saturated carbocycles. The average Bonchev–Trinajstić information content (AvgIpc) is 3.17. The number of pyridine rings is 1. The van der Waals surface area contributed by atoms with E-state index in [4.69, 9.17) is 4.74 Å². The highest BCUT2D eigenvalue weighted by Gasteiger charge is 2.34.